The maximum atomic E-state index is 11.6. The second-order valence-electron chi connectivity index (χ2n) is 3.48. The topological polar surface area (TPSA) is 92.7 Å². The van der Waals surface area contributed by atoms with Gasteiger partial charge < -0.3 is 15.2 Å². The third kappa shape index (κ3) is 4.55. The lowest BCUT2D eigenvalue weighted by Gasteiger charge is -2.03. The predicted molar refractivity (Wildman–Crippen MR) is 70.4 cm³/mol. The highest BCUT2D eigenvalue weighted by Crippen LogP contribution is 2.28. The summed E-state index contributed by atoms with van der Waals surface area (Å²) in [5.41, 5.74) is 0.265. The molecular formula is C12H13NO5S. The number of carbonyl (C=O) groups excluding carboxylic acids is 2. The van der Waals surface area contributed by atoms with Crippen molar-refractivity contribution in [3.05, 3.63) is 28.7 Å². The van der Waals surface area contributed by atoms with Crippen molar-refractivity contribution in [1.29, 1.82) is 0 Å². The fourth-order valence-electron chi connectivity index (χ4n) is 1.27. The molecule has 0 aromatic carbocycles. The van der Waals surface area contributed by atoms with Crippen molar-refractivity contribution in [3.8, 4) is 0 Å². The van der Waals surface area contributed by atoms with E-state index >= 15 is 0 Å². The van der Waals surface area contributed by atoms with Crippen LogP contribution in [-0.4, -0.2) is 29.6 Å². The molecule has 0 radical (unpaired) electrons. The van der Waals surface area contributed by atoms with Gasteiger partial charge in [-0.1, -0.05) is 0 Å². The molecular weight excluding hydrogens is 270 g/mol. The van der Waals surface area contributed by atoms with Crippen LogP contribution in [0.25, 0.3) is 0 Å². The van der Waals surface area contributed by atoms with Gasteiger partial charge in [0.15, 0.2) is 0 Å². The largest absolute Gasteiger partial charge is 0.478 e. The number of rotatable bonds is 5. The highest BCUT2D eigenvalue weighted by molar-refractivity contribution is 7.16. The normalized spacial score (nSPS) is 10.4. The Hall–Kier alpha value is -2.15. The van der Waals surface area contributed by atoms with Crippen LogP contribution in [0.4, 0.5) is 5.00 Å². The number of hydrogen-bond acceptors (Lipinski definition) is 5. The molecule has 1 aromatic heterocycles. The molecule has 2 N–H and O–H groups in total. The van der Waals surface area contributed by atoms with Gasteiger partial charge in [-0.25, -0.2) is 9.59 Å². The first-order valence-electron chi connectivity index (χ1n) is 5.43. The monoisotopic (exact) mass is 283 g/mol. The Balaban J connectivity index is 2.86. The molecule has 1 rings (SSSR count). The highest BCUT2D eigenvalue weighted by atomic mass is 32.1. The minimum Gasteiger partial charge on any atom is -0.478 e. The van der Waals surface area contributed by atoms with Gasteiger partial charge in [-0.3, -0.25) is 4.79 Å². The molecule has 0 saturated carbocycles. The molecule has 1 aromatic rings. The fraction of sp³-hybridized carbons (Fsp3) is 0.250. The van der Waals surface area contributed by atoms with Crippen LogP contribution in [0.1, 0.15) is 22.2 Å². The molecule has 6 nitrogen and oxygen atoms in total. The summed E-state index contributed by atoms with van der Waals surface area (Å²) in [6, 6.07) is 1.61. The van der Waals surface area contributed by atoms with Crippen LogP contribution < -0.4 is 5.32 Å². The number of ether oxygens (including phenoxy) is 1. The number of hydrogen-bond donors (Lipinski definition) is 2. The summed E-state index contributed by atoms with van der Waals surface area (Å²) < 4.78 is 4.87. The Morgan fingerprint density at radius 1 is 1.42 bits per heavy atom. The van der Waals surface area contributed by atoms with Crippen molar-refractivity contribution in [2.75, 3.05) is 11.9 Å². The zero-order valence-corrected chi connectivity index (χ0v) is 11.2. The van der Waals surface area contributed by atoms with Gasteiger partial charge in [0.25, 0.3) is 0 Å². The highest BCUT2D eigenvalue weighted by Gasteiger charge is 2.17. The molecule has 0 atom stereocenters. The molecule has 0 aliphatic carbocycles. The van der Waals surface area contributed by atoms with Gasteiger partial charge in [0, 0.05) is 17.0 Å². The molecule has 0 saturated heterocycles. The molecule has 7 heteroatoms. The fourth-order valence-corrected chi connectivity index (χ4v) is 2.17. The summed E-state index contributed by atoms with van der Waals surface area (Å²) in [7, 11) is 0. The average Bonchev–Trinajstić information content (AvgIpc) is 2.68. The lowest BCUT2D eigenvalue weighted by atomic mass is 10.3. The van der Waals surface area contributed by atoms with Crippen LogP contribution in [0.2, 0.25) is 0 Å². The van der Waals surface area contributed by atoms with E-state index in [4.69, 9.17) is 9.84 Å². The third-order valence-corrected chi connectivity index (χ3v) is 2.93. The van der Waals surface area contributed by atoms with Gasteiger partial charge in [0.2, 0.25) is 5.91 Å². The van der Waals surface area contributed by atoms with Crippen LogP contribution in [0.3, 0.4) is 0 Å². The standard InChI is InChI=1S/C12H13NO5S/c1-3-18-12(17)8-6-7(2)19-11(8)13-9(14)4-5-10(15)16/h4-6H,3H2,1-2H3,(H,13,14)(H,15,16)/b5-4+. The lowest BCUT2D eigenvalue weighted by Crippen LogP contribution is -2.12. The minimum atomic E-state index is -1.22. The quantitative estimate of drug-likeness (QED) is 0.635. The Morgan fingerprint density at radius 2 is 2.11 bits per heavy atom. The zero-order chi connectivity index (χ0) is 14.4. The van der Waals surface area contributed by atoms with E-state index in [1.807, 2.05) is 0 Å². The second-order valence-corrected chi connectivity index (χ2v) is 4.74. The van der Waals surface area contributed by atoms with E-state index in [1.165, 1.54) is 11.3 Å². The Kier molecular flexibility index (Phi) is 5.25. The summed E-state index contributed by atoms with van der Waals surface area (Å²) >= 11 is 1.22. The van der Waals surface area contributed by atoms with Crippen LogP contribution in [0.5, 0.6) is 0 Å². The van der Waals surface area contributed by atoms with Crippen molar-refractivity contribution < 1.29 is 24.2 Å². The van der Waals surface area contributed by atoms with Crippen molar-refractivity contribution in [2.45, 2.75) is 13.8 Å². The molecule has 0 unspecified atom stereocenters. The van der Waals surface area contributed by atoms with Gasteiger partial charge in [-0.2, -0.15) is 0 Å². The smallest absolute Gasteiger partial charge is 0.341 e. The number of carboxylic acid groups (broad SMARTS) is 1. The SMILES string of the molecule is CCOC(=O)c1cc(C)sc1NC(=O)/C=C/C(=O)O. The molecule has 1 heterocycles. The number of aryl methyl sites for hydroxylation is 1. The van der Waals surface area contributed by atoms with Gasteiger partial charge >= 0.3 is 11.9 Å². The van der Waals surface area contributed by atoms with Crippen LogP contribution in [0.15, 0.2) is 18.2 Å². The number of amides is 1. The van der Waals surface area contributed by atoms with Crippen molar-refractivity contribution >= 4 is 34.2 Å². The van der Waals surface area contributed by atoms with E-state index < -0.39 is 17.8 Å². The molecule has 19 heavy (non-hydrogen) atoms. The summed E-state index contributed by atoms with van der Waals surface area (Å²) in [5.74, 6) is -2.36. The average molecular weight is 283 g/mol. The maximum absolute atomic E-state index is 11.6. The summed E-state index contributed by atoms with van der Waals surface area (Å²) in [5, 5.41) is 11.2. The van der Waals surface area contributed by atoms with E-state index in [1.54, 1.807) is 19.9 Å². The number of thiophene rings is 1. The number of carboxylic acids is 1. The molecule has 0 aliphatic heterocycles. The number of anilines is 1. The molecule has 102 valence electrons. The Bertz CT molecular complexity index is 532. The van der Waals surface area contributed by atoms with E-state index in [0.717, 1.165) is 17.0 Å². The number of aliphatic carboxylic acids is 1. The zero-order valence-electron chi connectivity index (χ0n) is 10.4. The predicted octanol–water partition coefficient (Wildman–Crippen LogP) is 1.81. The van der Waals surface area contributed by atoms with E-state index in [0.29, 0.717) is 5.00 Å². The first kappa shape index (κ1) is 14.9. The minimum absolute atomic E-state index is 0.236. The first-order valence-corrected chi connectivity index (χ1v) is 6.25. The Labute approximate surface area is 113 Å². The Morgan fingerprint density at radius 3 is 2.68 bits per heavy atom. The first-order chi connectivity index (χ1) is 8.93. The van der Waals surface area contributed by atoms with E-state index in [2.05, 4.69) is 5.32 Å². The third-order valence-electron chi connectivity index (χ3n) is 1.96. The number of carbonyl (C=O) groups is 3. The molecule has 0 bridgehead atoms. The lowest BCUT2D eigenvalue weighted by molar-refractivity contribution is -0.131. The summed E-state index contributed by atoms with van der Waals surface area (Å²) in [6.45, 7) is 3.71. The van der Waals surface area contributed by atoms with Crippen LogP contribution >= 0.6 is 11.3 Å². The summed E-state index contributed by atoms with van der Waals surface area (Å²) in [6.07, 6.45) is 1.60. The summed E-state index contributed by atoms with van der Waals surface area (Å²) in [4.78, 5) is 34.2. The van der Waals surface area contributed by atoms with Crippen molar-refractivity contribution in [3.63, 3.8) is 0 Å². The van der Waals surface area contributed by atoms with Crippen LogP contribution in [-0.2, 0) is 14.3 Å². The second kappa shape index (κ2) is 6.69. The van der Waals surface area contributed by atoms with Gasteiger partial charge in [0.1, 0.15) is 5.00 Å². The maximum Gasteiger partial charge on any atom is 0.341 e. The molecule has 0 aliphatic rings. The van der Waals surface area contributed by atoms with Crippen molar-refractivity contribution in [1.82, 2.24) is 0 Å². The van der Waals surface area contributed by atoms with E-state index in [-0.39, 0.29) is 12.2 Å². The van der Waals surface area contributed by atoms with Crippen LogP contribution in [0, 0.1) is 6.92 Å². The van der Waals surface area contributed by atoms with Crippen molar-refractivity contribution in [2.24, 2.45) is 0 Å². The van der Waals surface area contributed by atoms with Gasteiger partial charge in [-0.05, 0) is 19.9 Å². The molecule has 0 spiro atoms. The molecule has 0 fully saturated rings. The van der Waals surface area contributed by atoms with Gasteiger partial charge in [-0.15, -0.1) is 11.3 Å². The van der Waals surface area contributed by atoms with Gasteiger partial charge in [0.05, 0.1) is 12.2 Å². The number of esters is 1. The molecule has 1 amide bonds. The number of nitrogens with one attached hydrogen (secondary N) is 1. The van der Waals surface area contributed by atoms with E-state index in [9.17, 15) is 14.4 Å².